The monoisotopic (exact) mass is 258 g/mol. The Bertz CT molecular complexity index is 313. The number of hydrogen-bond acceptors (Lipinski definition) is 6. The highest BCUT2D eigenvalue weighted by Gasteiger charge is 2.30. The van der Waals surface area contributed by atoms with Crippen LogP contribution in [0.15, 0.2) is 12.7 Å². The van der Waals surface area contributed by atoms with Crippen LogP contribution in [0.1, 0.15) is 20.3 Å². The molecular formula is C12H18O6. The van der Waals surface area contributed by atoms with Crippen LogP contribution in [0.3, 0.4) is 0 Å². The molecule has 6 heteroatoms. The van der Waals surface area contributed by atoms with Crippen LogP contribution in [0.5, 0.6) is 0 Å². The summed E-state index contributed by atoms with van der Waals surface area (Å²) in [7, 11) is 0. The average molecular weight is 258 g/mol. The molecule has 18 heavy (non-hydrogen) atoms. The molecule has 6 nitrogen and oxygen atoms in total. The number of ether oxygens (including phenoxy) is 4. The molecule has 0 aromatic carbocycles. The van der Waals surface area contributed by atoms with Crippen LogP contribution < -0.4 is 0 Å². The highest BCUT2D eigenvalue weighted by atomic mass is 16.7. The molecule has 1 aliphatic rings. The second-order valence-corrected chi connectivity index (χ2v) is 4.26. The van der Waals surface area contributed by atoms with E-state index in [9.17, 15) is 9.59 Å². The molecule has 0 unspecified atom stereocenters. The predicted molar refractivity (Wildman–Crippen MR) is 61.6 cm³/mol. The van der Waals surface area contributed by atoms with Gasteiger partial charge in [-0.3, -0.25) is 4.79 Å². The molecule has 0 spiro atoms. The molecule has 0 aromatic rings. The number of rotatable bonds is 5. The van der Waals surface area contributed by atoms with Gasteiger partial charge in [0.15, 0.2) is 5.79 Å². The molecule has 0 bridgehead atoms. The van der Waals surface area contributed by atoms with Gasteiger partial charge < -0.3 is 18.9 Å². The van der Waals surface area contributed by atoms with Gasteiger partial charge in [-0.1, -0.05) is 6.58 Å². The van der Waals surface area contributed by atoms with Crippen molar-refractivity contribution in [1.82, 2.24) is 0 Å². The summed E-state index contributed by atoms with van der Waals surface area (Å²) >= 11 is 0. The van der Waals surface area contributed by atoms with Crippen LogP contribution >= 0.6 is 0 Å². The third-order valence-corrected chi connectivity index (χ3v) is 2.25. The lowest BCUT2D eigenvalue weighted by Crippen LogP contribution is -2.43. The van der Waals surface area contributed by atoms with Gasteiger partial charge in [0.05, 0.1) is 19.6 Å². The summed E-state index contributed by atoms with van der Waals surface area (Å²) in [6.45, 7) is 7.39. The van der Waals surface area contributed by atoms with Gasteiger partial charge in [0.1, 0.15) is 12.7 Å². The van der Waals surface area contributed by atoms with Gasteiger partial charge in [0.2, 0.25) is 0 Å². The van der Waals surface area contributed by atoms with Crippen molar-refractivity contribution >= 4 is 11.9 Å². The summed E-state index contributed by atoms with van der Waals surface area (Å²) in [5, 5.41) is 0. The summed E-state index contributed by atoms with van der Waals surface area (Å²) in [6, 6.07) is 0. The van der Waals surface area contributed by atoms with Crippen molar-refractivity contribution < 1.29 is 28.5 Å². The van der Waals surface area contributed by atoms with E-state index in [1.54, 1.807) is 13.8 Å². The Kier molecular flexibility index (Phi) is 5.30. The van der Waals surface area contributed by atoms with Crippen LogP contribution in [0.2, 0.25) is 0 Å². The molecule has 0 radical (unpaired) electrons. The van der Waals surface area contributed by atoms with Crippen molar-refractivity contribution in [3.63, 3.8) is 0 Å². The zero-order chi connectivity index (χ0) is 13.6. The van der Waals surface area contributed by atoms with Crippen LogP contribution in [-0.2, 0) is 28.5 Å². The first-order valence-electron chi connectivity index (χ1n) is 5.69. The molecule has 0 atom stereocenters. The molecule has 1 fully saturated rings. The minimum Gasteiger partial charge on any atom is -0.462 e. The first-order chi connectivity index (χ1) is 8.43. The van der Waals surface area contributed by atoms with Gasteiger partial charge in [0.25, 0.3) is 0 Å². The van der Waals surface area contributed by atoms with Crippen LogP contribution in [0, 0.1) is 0 Å². The van der Waals surface area contributed by atoms with Crippen LogP contribution in [0.25, 0.3) is 0 Å². The highest BCUT2D eigenvalue weighted by Crippen LogP contribution is 2.18. The van der Waals surface area contributed by atoms with E-state index in [-0.39, 0.29) is 13.0 Å². The molecule has 1 aliphatic heterocycles. The molecule has 1 heterocycles. The molecule has 0 amide bonds. The maximum atomic E-state index is 11.4. The van der Waals surface area contributed by atoms with Crippen molar-refractivity contribution in [2.45, 2.75) is 32.2 Å². The predicted octanol–water partition coefficient (Wildman–Crippen LogP) is 0.800. The molecule has 0 aromatic heterocycles. The number of esters is 2. The van der Waals surface area contributed by atoms with Gasteiger partial charge in [-0.2, -0.15) is 0 Å². The van der Waals surface area contributed by atoms with E-state index in [2.05, 4.69) is 11.3 Å². The summed E-state index contributed by atoms with van der Waals surface area (Å²) in [5.41, 5.74) is 0. The Morgan fingerprint density at radius 3 is 2.56 bits per heavy atom. The van der Waals surface area contributed by atoms with E-state index in [1.165, 1.54) is 0 Å². The number of carbonyl (C=O) groups is 2. The molecule has 1 saturated heterocycles. The Morgan fingerprint density at radius 1 is 1.39 bits per heavy atom. The van der Waals surface area contributed by atoms with Crippen LogP contribution in [0.4, 0.5) is 0 Å². The third kappa shape index (κ3) is 5.29. The molecule has 102 valence electrons. The van der Waals surface area contributed by atoms with Crippen molar-refractivity contribution in [2.24, 2.45) is 0 Å². The van der Waals surface area contributed by atoms with Gasteiger partial charge in [-0.05, 0) is 13.8 Å². The SMILES string of the molecule is C=CC(=O)OCCC(=O)OC1COC(C)(C)OC1. The average Bonchev–Trinajstić information content (AvgIpc) is 2.31. The standard InChI is InChI=1S/C12H18O6/c1-4-10(13)15-6-5-11(14)18-9-7-16-12(2,3)17-8-9/h4,9H,1,5-8H2,2-3H3. The number of carbonyl (C=O) groups excluding carboxylic acids is 2. The second kappa shape index (κ2) is 6.51. The van der Waals surface area contributed by atoms with Crippen molar-refractivity contribution in [2.75, 3.05) is 19.8 Å². The minimum absolute atomic E-state index is 0.000523. The summed E-state index contributed by atoms with van der Waals surface area (Å²) in [6.07, 6.45) is 0.621. The molecule has 0 N–H and O–H groups in total. The van der Waals surface area contributed by atoms with E-state index in [1.807, 2.05) is 0 Å². The quantitative estimate of drug-likeness (QED) is 0.536. The smallest absolute Gasteiger partial charge is 0.330 e. The molecular weight excluding hydrogens is 240 g/mol. The topological polar surface area (TPSA) is 71.1 Å². The van der Waals surface area contributed by atoms with Crippen molar-refractivity contribution in [3.05, 3.63) is 12.7 Å². The zero-order valence-corrected chi connectivity index (χ0v) is 10.6. The molecule has 0 saturated carbocycles. The summed E-state index contributed by atoms with van der Waals surface area (Å²) in [5.74, 6) is -1.65. The fourth-order valence-electron chi connectivity index (χ4n) is 1.28. The van der Waals surface area contributed by atoms with Crippen LogP contribution in [-0.4, -0.2) is 43.7 Å². The van der Waals surface area contributed by atoms with Gasteiger partial charge >= 0.3 is 11.9 Å². The molecule has 0 aliphatic carbocycles. The van der Waals surface area contributed by atoms with Gasteiger partial charge in [-0.25, -0.2) is 4.79 Å². The minimum atomic E-state index is -0.637. The maximum absolute atomic E-state index is 11.4. The molecule has 1 rings (SSSR count). The Hall–Kier alpha value is -1.40. The first kappa shape index (κ1) is 14.7. The van der Waals surface area contributed by atoms with E-state index in [0.29, 0.717) is 13.2 Å². The Balaban J connectivity index is 2.17. The second-order valence-electron chi connectivity index (χ2n) is 4.26. The lowest BCUT2D eigenvalue weighted by molar-refractivity contribution is -0.276. The highest BCUT2D eigenvalue weighted by molar-refractivity contribution is 5.81. The lowest BCUT2D eigenvalue weighted by atomic mass is 10.3. The lowest BCUT2D eigenvalue weighted by Gasteiger charge is -2.34. The largest absolute Gasteiger partial charge is 0.462 e. The van der Waals surface area contributed by atoms with Crippen molar-refractivity contribution in [3.8, 4) is 0 Å². The fraction of sp³-hybridized carbons (Fsp3) is 0.667. The van der Waals surface area contributed by atoms with E-state index >= 15 is 0 Å². The Morgan fingerprint density at radius 2 is 2.00 bits per heavy atom. The number of hydrogen-bond donors (Lipinski definition) is 0. The summed E-state index contributed by atoms with van der Waals surface area (Å²) in [4.78, 5) is 22.1. The van der Waals surface area contributed by atoms with Gasteiger partial charge in [-0.15, -0.1) is 0 Å². The van der Waals surface area contributed by atoms with E-state index < -0.39 is 23.8 Å². The van der Waals surface area contributed by atoms with E-state index in [0.717, 1.165) is 6.08 Å². The summed E-state index contributed by atoms with van der Waals surface area (Å²) < 4.78 is 20.4. The zero-order valence-electron chi connectivity index (χ0n) is 10.6. The fourth-order valence-corrected chi connectivity index (χ4v) is 1.28. The third-order valence-electron chi connectivity index (χ3n) is 2.25. The van der Waals surface area contributed by atoms with Crippen molar-refractivity contribution in [1.29, 1.82) is 0 Å². The maximum Gasteiger partial charge on any atom is 0.330 e. The normalized spacial score (nSPS) is 19.0. The Labute approximate surface area is 106 Å². The first-order valence-corrected chi connectivity index (χ1v) is 5.69. The van der Waals surface area contributed by atoms with E-state index in [4.69, 9.17) is 14.2 Å². The van der Waals surface area contributed by atoms with Gasteiger partial charge in [0, 0.05) is 6.08 Å².